The lowest BCUT2D eigenvalue weighted by atomic mass is 9.90. The number of nitrogens with zero attached hydrogens (tertiary/aromatic N) is 2. The second-order valence-corrected chi connectivity index (χ2v) is 6.51. The SMILES string of the molecule is Cc1cccc(-c2nnc(COC(=O)C3CC(=O)Nc4cc(F)ccc43)o2)c1. The summed E-state index contributed by atoms with van der Waals surface area (Å²) in [6.45, 7) is 1.74. The van der Waals surface area contributed by atoms with Gasteiger partial charge in [0.05, 0.1) is 5.92 Å². The van der Waals surface area contributed by atoms with E-state index in [9.17, 15) is 14.0 Å². The van der Waals surface area contributed by atoms with Crippen LogP contribution in [0.15, 0.2) is 46.9 Å². The molecule has 0 spiro atoms. The number of carbonyl (C=O) groups is 2. The van der Waals surface area contributed by atoms with Gasteiger partial charge in [0, 0.05) is 17.7 Å². The lowest BCUT2D eigenvalue weighted by Gasteiger charge is -2.23. The highest BCUT2D eigenvalue weighted by molar-refractivity contribution is 5.99. The molecule has 1 aliphatic heterocycles. The van der Waals surface area contributed by atoms with Crippen molar-refractivity contribution in [1.29, 1.82) is 0 Å². The number of aryl methyl sites for hydroxylation is 1. The maximum Gasteiger partial charge on any atom is 0.314 e. The van der Waals surface area contributed by atoms with Gasteiger partial charge in [0.15, 0.2) is 6.61 Å². The molecule has 1 aromatic heterocycles. The predicted octanol–water partition coefficient (Wildman–Crippen LogP) is 3.35. The first kappa shape index (κ1) is 17.8. The molecule has 3 aromatic rings. The molecule has 1 aliphatic rings. The van der Waals surface area contributed by atoms with Gasteiger partial charge < -0.3 is 14.5 Å². The number of nitrogens with one attached hydrogen (secondary N) is 1. The number of hydrogen-bond donors (Lipinski definition) is 1. The highest BCUT2D eigenvalue weighted by Gasteiger charge is 2.32. The maximum absolute atomic E-state index is 13.4. The van der Waals surface area contributed by atoms with Crippen molar-refractivity contribution in [3.05, 3.63) is 65.3 Å². The molecular formula is C20H16FN3O4. The third-order valence-corrected chi connectivity index (χ3v) is 4.41. The van der Waals surface area contributed by atoms with Crippen molar-refractivity contribution in [2.75, 3.05) is 5.32 Å². The van der Waals surface area contributed by atoms with E-state index in [-0.39, 0.29) is 30.5 Å². The monoisotopic (exact) mass is 381 g/mol. The molecule has 142 valence electrons. The average Bonchev–Trinajstić information content (AvgIpc) is 3.14. The number of amides is 1. The Morgan fingerprint density at radius 3 is 2.96 bits per heavy atom. The van der Waals surface area contributed by atoms with Crippen LogP contribution in [0.3, 0.4) is 0 Å². The van der Waals surface area contributed by atoms with E-state index in [0.717, 1.165) is 11.1 Å². The van der Waals surface area contributed by atoms with Gasteiger partial charge in [0.1, 0.15) is 5.82 Å². The highest BCUT2D eigenvalue weighted by atomic mass is 19.1. The molecule has 0 fully saturated rings. The van der Waals surface area contributed by atoms with E-state index in [2.05, 4.69) is 15.5 Å². The third-order valence-electron chi connectivity index (χ3n) is 4.41. The summed E-state index contributed by atoms with van der Waals surface area (Å²) in [5.41, 5.74) is 2.61. The Labute approximate surface area is 159 Å². The molecule has 28 heavy (non-hydrogen) atoms. The van der Waals surface area contributed by atoms with E-state index in [4.69, 9.17) is 9.15 Å². The van der Waals surface area contributed by atoms with Crippen LogP contribution >= 0.6 is 0 Å². The van der Waals surface area contributed by atoms with E-state index in [1.54, 1.807) is 0 Å². The minimum Gasteiger partial charge on any atom is -0.455 e. The molecule has 2 aromatic carbocycles. The van der Waals surface area contributed by atoms with Crippen LogP contribution in [0.25, 0.3) is 11.5 Å². The van der Waals surface area contributed by atoms with Crippen molar-refractivity contribution in [2.24, 2.45) is 0 Å². The average molecular weight is 381 g/mol. The van der Waals surface area contributed by atoms with Gasteiger partial charge in [0.2, 0.25) is 11.8 Å². The number of aromatic nitrogens is 2. The molecule has 4 rings (SSSR count). The van der Waals surface area contributed by atoms with Gasteiger partial charge in [-0.05, 0) is 36.8 Å². The van der Waals surface area contributed by atoms with Crippen molar-refractivity contribution in [1.82, 2.24) is 10.2 Å². The maximum atomic E-state index is 13.4. The standard InChI is InChI=1S/C20H16FN3O4/c1-11-3-2-4-12(7-11)19-24-23-18(28-19)10-27-20(26)15-9-17(25)22-16-8-13(21)5-6-14(15)16/h2-8,15H,9-10H2,1H3,(H,22,25). The lowest BCUT2D eigenvalue weighted by molar-refractivity contribution is -0.148. The quantitative estimate of drug-likeness (QED) is 0.697. The zero-order chi connectivity index (χ0) is 19.7. The van der Waals surface area contributed by atoms with Gasteiger partial charge in [-0.3, -0.25) is 9.59 Å². The largest absolute Gasteiger partial charge is 0.455 e. The van der Waals surface area contributed by atoms with E-state index in [0.29, 0.717) is 11.5 Å². The summed E-state index contributed by atoms with van der Waals surface area (Å²) in [6.07, 6.45) is -0.0736. The zero-order valence-corrected chi connectivity index (χ0v) is 14.9. The normalized spacial score (nSPS) is 15.6. The van der Waals surface area contributed by atoms with Gasteiger partial charge in [-0.25, -0.2) is 4.39 Å². The number of ether oxygens (including phenoxy) is 1. The highest BCUT2D eigenvalue weighted by Crippen LogP contribution is 2.33. The number of esters is 1. The van der Waals surface area contributed by atoms with Crippen LogP contribution in [0.4, 0.5) is 10.1 Å². The van der Waals surface area contributed by atoms with Gasteiger partial charge in [-0.1, -0.05) is 23.8 Å². The van der Waals surface area contributed by atoms with E-state index in [1.807, 2.05) is 31.2 Å². The Bertz CT molecular complexity index is 1060. The minimum absolute atomic E-state index is 0.0736. The molecule has 1 N–H and O–H groups in total. The lowest BCUT2D eigenvalue weighted by Crippen LogP contribution is -2.28. The van der Waals surface area contributed by atoms with Crippen LogP contribution in [0, 0.1) is 12.7 Å². The molecule has 1 amide bonds. The molecule has 0 saturated carbocycles. The second-order valence-electron chi connectivity index (χ2n) is 6.51. The van der Waals surface area contributed by atoms with Crippen molar-refractivity contribution in [2.45, 2.75) is 25.9 Å². The zero-order valence-electron chi connectivity index (χ0n) is 14.9. The molecule has 0 saturated heterocycles. The Morgan fingerprint density at radius 1 is 1.29 bits per heavy atom. The summed E-state index contributed by atoms with van der Waals surface area (Å²) in [7, 11) is 0. The number of carbonyl (C=O) groups excluding carboxylic acids is 2. The molecule has 7 nitrogen and oxygen atoms in total. The fourth-order valence-corrected chi connectivity index (χ4v) is 3.09. The molecule has 0 bridgehead atoms. The smallest absolute Gasteiger partial charge is 0.314 e. The Kier molecular flexibility index (Phi) is 4.60. The van der Waals surface area contributed by atoms with Crippen LogP contribution in [-0.2, 0) is 20.9 Å². The van der Waals surface area contributed by atoms with Crippen molar-refractivity contribution >= 4 is 17.6 Å². The number of anilines is 1. The van der Waals surface area contributed by atoms with Crippen molar-refractivity contribution in [3.63, 3.8) is 0 Å². The number of fused-ring (bicyclic) bond motifs is 1. The van der Waals surface area contributed by atoms with E-state index in [1.165, 1.54) is 18.2 Å². The molecule has 1 unspecified atom stereocenters. The fraction of sp³-hybridized carbons (Fsp3) is 0.200. The van der Waals surface area contributed by atoms with Gasteiger partial charge in [-0.2, -0.15) is 0 Å². The first-order valence-corrected chi connectivity index (χ1v) is 8.65. The summed E-state index contributed by atoms with van der Waals surface area (Å²) in [6, 6.07) is 11.5. The third kappa shape index (κ3) is 3.62. The van der Waals surface area contributed by atoms with Crippen molar-refractivity contribution < 1.29 is 23.1 Å². The second kappa shape index (κ2) is 7.22. The predicted molar refractivity (Wildman–Crippen MR) is 96.7 cm³/mol. The Balaban J connectivity index is 1.46. The van der Waals surface area contributed by atoms with E-state index < -0.39 is 17.7 Å². The molecule has 1 atom stereocenters. The number of hydrogen-bond acceptors (Lipinski definition) is 6. The molecule has 2 heterocycles. The summed E-state index contributed by atoms with van der Waals surface area (Å²) in [5.74, 6) is -1.83. The molecule has 0 aliphatic carbocycles. The van der Waals surface area contributed by atoms with Crippen LogP contribution in [0.1, 0.15) is 29.4 Å². The fourth-order valence-electron chi connectivity index (χ4n) is 3.09. The van der Waals surface area contributed by atoms with Gasteiger partial charge in [0.25, 0.3) is 5.89 Å². The Hall–Kier alpha value is -3.55. The van der Waals surface area contributed by atoms with Crippen LogP contribution < -0.4 is 5.32 Å². The number of benzene rings is 2. The topological polar surface area (TPSA) is 94.3 Å². The number of rotatable bonds is 4. The molecule has 8 heteroatoms. The number of halogens is 1. The Morgan fingerprint density at radius 2 is 2.14 bits per heavy atom. The van der Waals surface area contributed by atoms with Gasteiger partial charge in [-0.15, -0.1) is 10.2 Å². The van der Waals surface area contributed by atoms with E-state index >= 15 is 0 Å². The summed E-state index contributed by atoms with van der Waals surface area (Å²) < 4.78 is 24.2. The minimum atomic E-state index is -0.816. The van der Waals surface area contributed by atoms with Crippen molar-refractivity contribution in [3.8, 4) is 11.5 Å². The van der Waals surface area contributed by atoms with Gasteiger partial charge >= 0.3 is 5.97 Å². The van der Waals surface area contributed by atoms with Crippen LogP contribution in [0.2, 0.25) is 0 Å². The first-order chi connectivity index (χ1) is 13.5. The first-order valence-electron chi connectivity index (χ1n) is 8.65. The molecular weight excluding hydrogens is 365 g/mol. The summed E-state index contributed by atoms with van der Waals surface area (Å²) in [5, 5.41) is 10.4. The van der Waals surface area contributed by atoms with Crippen LogP contribution in [0.5, 0.6) is 0 Å². The summed E-state index contributed by atoms with van der Waals surface area (Å²) >= 11 is 0. The molecule has 0 radical (unpaired) electrons. The summed E-state index contributed by atoms with van der Waals surface area (Å²) in [4.78, 5) is 24.3. The van der Waals surface area contributed by atoms with Crippen LogP contribution in [-0.4, -0.2) is 22.1 Å².